The van der Waals surface area contributed by atoms with Gasteiger partial charge in [-0.25, -0.2) is 4.79 Å². The van der Waals surface area contributed by atoms with Crippen LogP contribution in [0, 0.1) is 11.8 Å². The van der Waals surface area contributed by atoms with Crippen LogP contribution < -0.4 is 5.32 Å². The van der Waals surface area contributed by atoms with Crippen LogP contribution in [0.3, 0.4) is 0 Å². The van der Waals surface area contributed by atoms with E-state index >= 15 is 0 Å². The third-order valence-corrected chi connectivity index (χ3v) is 7.62. The molecule has 9 heteroatoms. The van der Waals surface area contributed by atoms with Gasteiger partial charge in [-0.15, -0.1) is 5.10 Å². The van der Waals surface area contributed by atoms with Gasteiger partial charge in [-0.3, -0.25) is 9.69 Å². The quantitative estimate of drug-likeness (QED) is 0.714. The lowest BCUT2D eigenvalue weighted by Crippen LogP contribution is -2.36. The Bertz CT molecular complexity index is 1050. The second-order valence-corrected chi connectivity index (χ2v) is 10.2. The highest BCUT2D eigenvalue weighted by Crippen LogP contribution is 2.42. The van der Waals surface area contributed by atoms with Crippen molar-refractivity contribution in [1.82, 2.24) is 19.6 Å². The van der Waals surface area contributed by atoms with E-state index in [1.54, 1.807) is 12.3 Å². The molecule has 2 saturated heterocycles. The molecule has 0 radical (unpaired) electrons. The molecule has 2 aromatic rings. The molecule has 5 rings (SSSR count). The summed E-state index contributed by atoms with van der Waals surface area (Å²) < 4.78 is 1.30. The van der Waals surface area contributed by atoms with E-state index in [-0.39, 0.29) is 11.9 Å². The van der Waals surface area contributed by atoms with Gasteiger partial charge in [-0.2, -0.15) is 4.68 Å². The predicted octanol–water partition coefficient (Wildman–Crippen LogP) is 3.29. The number of nitrogens with one attached hydrogen (secondary N) is 1. The van der Waals surface area contributed by atoms with Crippen molar-refractivity contribution in [3.63, 3.8) is 0 Å². The zero-order valence-corrected chi connectivity index (χ0v) is 19.6. The highest BCUT2D eigenvalue weighted by Gasteiger charge is 2.42. The van der Waals surface area contributed by atoms with Gasteiger partial charge >= 0.3 is 6.03 Å². The first-order chi connectivity index (χ1) is 15.8. The summed E-state index contributed by atoms with van der Waals surface area (Å²) in [5.41, 5.74) is 1.25. The van der Waals surface area contributed by atoms with Crippen LogP contribution in [0.2, 0.25) is 5.02 Å². The smallest absolute Gasteiger partial charge is 0.344 e. The first-order valence-corrected chi connectivity index (χ1v) is 12.0. The summed E-state index contributed by atoms with van der Waals surface area (Å²) in [5, 5.41) is 18.4. The van der Waals surface area contributed by atoms with Crippen LogP contribution >= 0.6 is 11.6 Å². The van der Waals surface area contributed by atoms with Crippen LogP contribution in [-0.4, -0.2) is 62.8 Å². The van der Waals surface area contributed by atoms with Gasteiger partial charge in [0.05, 0.1) is 5.60 Å². The molecule has 2 aliphatic heterocycles. The van der Waals surface area contributed by atoms with E-state index in [2.05, 4.69) is 27.4 Å². The van der Waals surface area contributed by atoms with Crippen molar-refractivity contribution in [2.45, 2.75) is 44.8 Å². The number of anilines is 1. The maximum Gasteiger partial charge on any atom is 0.344 e. The van der Waals surface area contributed by atoms with Crippen LogP contribution in [0.5, 0.6) is 0 Å². The highest BCUT2D eigenvalue weighted by atomic mass is 35.5. The molecule has 1 aliphatic carbocycles. The summed E-state index contributed by atoms with van der Waals surface area (Å²) in [6, 6.07) is 7.53. The number of nitrogens with zero attached hydrogens (tertiary/aromatic N) is 4. The molecule has 3 aliphatic rings. The Kier molecular flexibility index (Phi) is 5.93. The van der Waals surface area contributed by atoms with Crippen LogP contribution in [0.4, 0.5) is 10.6 Å². The van der Waals surface area contributed by atoms with E-state index in [9.17, 15) is 14.7 Å². The number of rotatable bonds is 4. The fourth-order valence-corrected chi connectivity index (χ4v) is 6.01. The molecule has 0 bridgehead atoms. The molecular formula is C24H30ClN5O3. The minimum absolute atomic E-state index is 0.153. The van der Waals surface area contributed by atoms with E-state index in [0.717, 1.165) is 50.9 Å². The Morgan fingerprint density at radius 1 is 1.15 bits per heavy atom. The van der Waals surface area contributed by atoms with Crippen molar-refractivity contribution < 1.29 is 14.7 Å². The topological polar surface area (TPSA) is 90.7 Å². The minimum atomic E-state index is -0.790. The molecule has 2 N–H and O–H groups in total. The SMILES string of the molecule is CC(=O)Nc1ccn(C(=O)N2CC3CN(Cc4ccc(Cl)c(C5(O)CCCC5)c4)CC3C2)n1. The lowest BCUT2D eigenvalue weighted by molar-refractivity contribution is -0.114. The lowest BCUT2D eigenvalue weighted by atomic mass is 9.91. The van der Waals surface area contributed by atoms with Crippen molar-refractivity contribution in [2.75, 3.05) is 31.5 Å². The first kappa shape index (κ1) is 22.4. The van der Waals surface area contributed by atoms with Gasteiger partial charge in [0.25, 0.3) is 0 Å². The Balaban J connectivity index is 1.19. The normalized spacial score (nSPS) is 24.3. The molecule has 176 valence electrons. The number of carbonyl (C=O) groups excluding carboxylic acids is 2. The molecular weight excluding hydrogens is 442 g/mol. The number of benzene rings is 1. The Hall–Kier alpha value is -2.42. The third-order valence-electron chi connectivity index (χ3n) is 7.29. The van der Waals surface area contributed by atoms with E-state index < -0.39 is 5.60 Å². The summed E-state index contributed by atoms with van der Waals surface area (Å²) in [6.45, 7) is 5.53. The van der Waals surface area contributed by atoms with Crippen molar-refractivity contribution >= 4 is 29.4 Å². The fourth-order valence-electron chi connectivity index (χ4n) is 5.71. The molecule has 0 spiro atoms. The number of hydrogen-bond acceptors (Lipinski definition) is 5. The number of aromatic nitrogens is 2. The molecule has 33 heavy (non-hydrogen) atoms. The van der Waals surface area contributed by atoms with Crippen LogP contribution in [0.15, 0.2) is 30.5 Å². The molecule has 2 unspecified atom stereocenters. The van der Waals surface area contributed by atoms with Crippen molar-refractivity contribution in [1.29, 1.82) is 0 Å². The highest BCUT2D eigenvalue weighted by molar-refractivity contribution is 6.31. The molecule has 3 fully saturated rings. The van der Waals surface area contributed by atoms with Gasteiger partial charge in [-0.1, -0.05) is 36.6 Å². The molecule has 1 saturated carbocycles. The minimum Gasteiger partial charge on any atom is -0.385 e. The average Bonchev–Trinajstić information content (AvgIpc) is 3.53. The summed E-state index contributed by atoms with van der Waals surface area (Å²) in [7, 11) is 0. The molecule has 1 aromatic carbocycles. The Morgan fingerprint density at radius 3 is 2.52 bits per heavy atom. The fraction of sp³-hybridized carbons (Fsp3) is 0.542. The number of amides is 2. The summed E-state index contributed by atoms with van der Waals surface area (Å²) >= 11 is 6.44. The molecule has 8 nitrogen and oxygen atoms in total. The zero-order valence-electron chi connectivity index (χ0n) is 18.8. The van der Waals surface area contributed by atoms with E-state index in [0.29, 0.717) is 35.8 Å². The van der Waals surface area contributed by atoms with Gasteiger partial charge in [0.15, 0.2) is 5.82 Å². The lowest BCUT2D eigenvalue weighted by Gasteiger charge is -2.26. The van der Waals surface area contributed by atoms with E-state index in [1.807, 2.05) is 11.0 Å². The predicted molar refractivity (Wildman–Crippen MR) is 125 cm³/mol. The second kappa shape index (κ2) is 8.74. The number of likely N-dealkylation sites (tertiary alicyclic amines) is 2. The molecule has 2 amide bonds. The van der Waals surface area contributed by atoms with Gasteiger partial charge in [-0.05, 0) is 36.3 Å². The number of hydrogen-bond donors (Lipinski definition) is 2. The van der Waals surface area contributed by atoms with Gasteiger partial charge < -0.3 is 15.3 Å². The van der Waals surface area contributed by atoms with E-state index in [4.69, 9.17) is 11.6 Å². The molecule has 2 atom stereocenters. The van der Waals surface area contributed by atoms with Crippen LogP contribution in [0.1, 0.15) is 43.7 Å². The van der Waals surface area contributed by atoms with Crippen LogP contribution in [-0.2, 0) is 16.9 Å². The van der Waals surface area contributed by atoms with Gasteiger partial charge in [0.2, 0.25) is 5.91 Å². The van der Waals surface area contributed by atoms with Crippen molar-refractivity contribution in [3.8, 4) is 0 Å². The maximum absolute atomic E-state index is 12.8. The van der Waals surface area contributed by atoms with Gasteiger partial charge in [0.1, 0.15) is 0 Å². The second-order valence-electron chi connectivity index (χ2n) is 9.78. The summed E-state index contributed by atoms with van der Waals surface area (Å²) in [4.78, 5) is 28.3. The van der Waals surface area contributed by atoms with E-state index in [1.165, 1.54) is 17.2 Å². The molecule has 3 heterocycles. The van der Waals surface area contributed by atoms with Gasteiger partial charge in [0, 0.05) is 62.5 Å². The molecule has 1 aromatic heterocycles. The number of aliphatic hydroxyl groups is 1. The number of carbonyl (C=O) groups is 2. The monoisotopic (exact) mass is 471 g/mol. The van der Waals surface area contributed by atoms with Crippen LogP contribution in [0.25, 0.3) is 0 Å². The summed E-state index contributed by atoms with van der Waals surface area (Å²) in [6.07, 6.45) is 5.21. The Labute approximate surface area is 198 Å². The van der Waals surface area contributed by atoms with Crippen molar-refractivity contribution in [2.24, 2.45) is 11.8 Å². The number of halogens is 1. The third kappa shape index (κ3) is 4.52. The largest absolute Gasteiger partial charge is 0.385 e. The summed E-state index contributed by atoms with van der Waals surface area (Å²) in [5.74, 6) is 1.04. The maximum atomic E-state index is 12.8. The zero-order chi connectivity index (χ0) is 23.2. The Morgan fingerprint density at radius 2 is 1.85 bits per heavy atom. The number of fused-ring (bicyclic) bond motifs is 1. The standard InChI is InChI=1S/C24H30ClN5O3/c1-16(31)26-22-6-9-30(27-22)23(32)29-14-18-12-28(13-19(18)15-29)11-17-4-5-21(25)20(10-17)24(33)7-2-3-8-24/h4-6,9-10,18-19,33H,2-3,7-8,11-15H2,1H3,(H,26,27,31). The first-order valence-electron chi connectivity index (χ1n) is 11.7. The average molecular weight is 472 g/mol. The van der Waals surface area contributed by atoms with Crippen molar-refractivity contribution in [3.05, 3.63) is 46.6 Å².